The Kier molecular flexibility index (Phi) is 3.64. The predicted octanol–water partition coefficient (Wildman–Crippen LogP) is 3.81. The molecule has 0 atom stereocenters. The van der Waals surface area contributed by atoms with Gasteiger partial charge in [0.15, 0.2) is 0 Å². The molecule has 90 valence electrons. The lowest BCUT2D eigenvalue weighted by atomic mass is 10.1. The second-order valence-corrected chi connectivity index (χ2v) is 6.04. The Labute approximate surface area is 110 Å². The maximum Gasteiger partial charge on any atom is 0.145 e. The number of thioether (sulfide) groups is 1. The number of nitrogens with two attached hydrogens (primary N) is 1. The summed E-state index contributed by atoms with van der Waals surface area (Å²) in [6, 6.07) is 7.77. The largest absolute Gasteiger partial charge is 0.382 e. The Hall–Kier alpha value is -1.13. The van der Waals surface area contributed by atoms with E-state index >= 15 is 0 Å². The summed E-state index contributed by atoms with van der Waals surface area (Å²) in [6.07, 6.45) is 0. The van der Waals surface area contributed by atoms with Gasteiger partial charge in [0.2, 0.25) is 0 Å². The van der Waals surface area contributed by atoms with Crippen molar-refractivity contribution >= 4 is 29.2 Å². The molecule has 0 fully saturated rings. The van der Waals surface area contributed by atoms with Gasteiger partial charge in [-0.1, -0.05) is 31.5 Å². The van der Waals surface area contributed by atoms with Crippen molar-refractivity contribution in [1.29, 1.82) is 0 Å². The van der Waals surface area contributed by atoms with E-state index in [1.807, 2.05) is 18.2 Å². The summed E-state index contributed by atoms with van der Waals surface area (Å²) in [4.78, 5) is 1.10. The molecule has 2 aromatic rings. The van der Waals surface area contributed by atoms with E-state index in [0.717, 1.165) is 21.2 Å². The first-order valence-corrected chi connectivity index (χ1v) is 6.59. The van der Waals surface area contributed by atoms with Gasteiger partial charge in [-0.2, -0.15) is 5.10 Å². The fourth-order valence-electron chi connectivity index (χ4n) is 1.50. The third-order valence-corrected chi connectivity index (χ3v) is 3.71. The van der Waals surface area contributed by atoms with Gasteiger partial charge in [-0.25, -0.2) is 0 Å². The molecule has 0 aliphatic carbocycles. The quantitative estimate of drug-likeness (QED) is 0.832. The third-order valence-electron chi connectivity index (χ3n) is 2.20. The van der Waals surface area contributed by atoms with Gasteiger partial charge in [0, 0.05) is 21.8 Å². The van der Waals surface area contributed by atoms with E-state index in [2.05, 4.69) is 24.0 Å². The summed E-state index contributed by atoms with van der Waals surface area (Å²) in [5, 5.41) is 8.04. The first kappa shape index (κ1) is 12.3. The molecule has 2 rings (SSSR count). The summed E-state index contributed by atoms with van der Waals surface area (Å²) >= 11 is 8.00. The van der Waals surface area contributed by atoms with Gasteiger partial charge in [-0.05, 0) is 12.1 Å². The van der Waals surface area contributed by atoms with Crippen LogP contribution < -0.4 is 5.73 Å². The van der Waals surface area contributed by atoms with Crippen molar-refractivity contribution in [2.75, 3.05) is 5.73 Å². The molecule has 3 N–H and O–H groups in total. The molecule has 0 radical (unpaired) electrons. The van der Waals surface area contributed by atoms with Crippen LogP contribution in [-0.4, -0.2) is 15.4 Å². The highest BCUT2D eigenvalue weighted by Crippen LogP contribution is 2.33. The number of halogens is 1. The first-order valence-electron chi connectivity index (χ1n) is 5.33. The molecule has 1 aromatic heterocycles. The minimum absolute atomic E-state index is 0.483. The van der Waals surface area contributed by atoms with Crippen LogP contribution in [0.2, 0.25) is 5.02 Å². The molecule has 0 unspecified atom stereocenters. The molecule has 3 nitrogen and oxygen atoms in total. The van der Waals surface area contributed by atoms with Gasteiger partial charge < -0.3 is 5.73 Å². The lowest BCUT2D eigenvalue weighted by molar-refractivity contribution is 1.10. The van der Waals surface area contributed by atoms with Gasteiger partial charge in [0.1, 0.15) is 5.82 Å². The van der Waals surface area contributed by atoms with Crippen LogP contribution in [0.25, 0.3) is 11.3 Å². The van der Waals surface area contributed by atoms with E-state index in [1.54, 1.807) is 17.8 Å². The Balaban J connectivity index is 2.30. The van der Waals surface area contributed by atoms with Crippen molar-refractivity contribution in [2.24, 2.45) is 0 Å². The fourth-order valence-corrected chi connectivity index (χ4v) is 2.64. The highest BCUT2D eigenvalue weighted by Gasteiger charge is 2.07. The number of anilines is 1. The van der Waals surface area contributed by atoms with Crippen molar-refractivity contribution in [3.63, 3.8) is 0 Å². The van der Waals surface area contributed by atoms with Crippen LogP contribution in [0, 0.1) is 0 Å². The van der Waals surface area contributed by atoms with Crippen LogP contribution in [0.5, 0.6) is 0 Å². The van der Waals surface area contributed by atoms with E-state index in [0.29, 0.717) is 11.1 Å². The average Bonchev–Trinajstić information content (AvgIpc) is 2.67. The van der Waals surface area contributed by atoms with Crippen LogP contribution in [0.1, 0.15) is 13.8 Å². The lowest BCUT2D eigenvalue weighted by Gasteiger charge is -2.08. The highest BCUT2D eigenvalue weighted by atomic mass is 35.5. The van der Waals surface area contributed by atoms with Crippen LogP contribution >= 0.6 is 23.4 Å². The Morgan fingerprint density at radius 3 is 2.65 bits per heavy atom. The van der Waals surface area contributed by atoms with E-state index in [-0.39, 0.29) is 0 Å². The number of rotatable bonds is 3. The number of H-pyrrole nitrogens is 1. The number of nitrogen functional groups attached to an aromatic ring is 1. The number of hydrogen-bond donors (Lipinski definition) is 2. The summed E-state index contributed by atoms with van der Waals surface area (Å²) < 4.78 is 0. The van der Waals surface area contributed by atoms with E-state index in [4.69, 9.17) is 17.3 Å². The van der Waals surface area contributed by atoms with Crippen LogP contribution in [0.3, 0.4) is 0 Å². The van der Waals surface area contributed by atoms with Crippen molar-refractivity contribution in [3.05, 3.63) is 29.3 Å². The number of nitrogens with one attached hydrogen (secondary N) is 1. The number of nitrogens with zero attached hydrogens (tertiary/aromatic N) is 1. The molecular formula is C12H14ClN3S. The normalized spacial score (nSPS) is 11.1. The minimum Gasteiger partial charge on any atom is -0.382 e. The number of aromatic amines is 1. The van der Waals surface area contributed by atoms with Crippen molar-refractivity contribution in [3.8, 4) is 11.3 Å². The Morgan fingerprint density at radius 2 is 2.12 bits per heavy atom. The predicted molar refractivity (Wildman–Crippen MR) is 74.4 cm³/mol. The molecule has 1 aromatic carbocycles. The van der Waals surface area contributed by atoms with Gasteiger partial charge >= 0.3 is 0 Å². The zero-order valence-corrected chi connectivity index (χ0v) is 11.3. The van der Waals surface area contributed by atoms with Gasteiger partial charge in [0.25, 0.3) is 0 Å². The van der Waals surface area contributed by atoms with Crippen molar-refractivity contribution in [1.82, 2.24) is 10.2 Å². The van der Waals surface area contributed by atoms with Gasteiger partial charge in [0.05, 0.1) is 10.7 Å². The molecular weight excluding hydrogens is 254 g/mol. The monoisotopic (exact) mass is 267 g/mol. The average molecular weight is 268 g/mol. The molecule has 0 amide bonds. The SMILES string of the molecule is CC(C)Sc1ccc(-c2cc(N)n[nH]2)cc1Cl. The maximum absolute atomic E-state index is 6.24. The number of benzene rings is 1. The molecule has 5 heteroatoms. The van der Waals surface area contributed by atoms with Crippen LogP contribution in [0.4, 0.5) is 5.82 Å². The second kappa shape index (κ2) is 5.02. The van der Waals surface area contributed by atoms with Gasteiger partial charge in [-0.15, -0.1) is 11.8 Å². The smallest absolute Gasteiger partial charge is 0.145 e. The van der Waals surface area contributed by atoms with Crippen molar-refractivity contribution in [2.45, 2.75) is 24.0 Å². The first-order chi connectivity index (χ1) is 8.06. The maximum atomic E-state index is 6.24. The zero-order chi connectivity index (χ0) is 12.4. The summed E-state index contributed by atoms with van der Waals surface area (Å²) in [7, 11) is 0. The molecule has 0 aliphatic heterocycles. The summed E-state index contributed by atoms with van der Waals surface area (Å²) in [5.74, 6) is 0.483. The molecule has 0 saturated heterocycles. The second-order valence-electron chi connectivity index (χ2n) is 4.02. The third kappa shape index (κ3) is 2.96. The minimum atomic E-state index is 0.483. The number of aromatic nitrogens is 2. The number of hydrogen-bond acceptors (Lipinski definition) is 3. The van der Waals surface area contributed by atoms with Crippen LogP contribution in [0.15, 0.2) is 29.2 Å². The molecule has 1 heterocycles. The van der Waals surface area contributed by atoms with E-state index in [9.17, 15) is 0 Å². The molecule has 0 bridgehead atoms. The van der Waals surface area contributed by atoms with Crippen molar-refractivity contribution < 1.29 is 0 Å². The lowest BCUT2D eigenvalue weighted by Crippen LogP contribution is -1.87. The zero-order valence-electron chi connectivity index (χ0n) is 9.70. The summed E-state index contributed by atoms with van der Waals surface area (Å²) in [6.45, 7) is 4.29. The Bertz CT molecular complexity index is 522. The molecule has 0 saturated carbocycles. The van der Waals surface area contributed by atoms with E-state index in [1.165, 1.54) is 0 Å². The molecule has 0 spiro atoms. The Morgan fingerprint density at radius 1 is 1.35 bits per heavy atom. The summed E-state index contributed by atoms with van der Waals surface area (Å²) in [5.41, 5.74) is 7.44. The topological polar surface area (TPSA) is 54.7 Å². The standard InChI is InChI=1S/C12H14ClN3S/c1-7(2)17-11-4-3-8(5-9(11)13)10-6-12(14)16-15-10/h3-7H,1-2H3,(H3,14,15,16). The molecule has 17 heavy (non-hydrogen) atoms. The van der Waals surface area contributed by atoms with Crippen LogP contribution in [-0.2, 0) is 0 Å². The molecule has 0 aliphatic rings. The highest BCUT2D eigenvalue weighted by molar-refractivity contribution is 8.00. The fraction of sp³-hybridized carbons (Fsp3) is 0.250. The van der Waals surface area contributed by atoms with Gasteiger partial charge in [-0.3, -0.25) is 5.10 Å². The van der Waals surface area contributed by atoms with E-state index < -0.39 is 0 Å².